The summed E-state index contributed by atoms with van der Waals surface area (Å²) in [4.78, 5) is 25.4. The lowest BCUT2D eigenvalue weighted by Gasteiger charge is -2.26. The lowest BCUT2D eigenvalue weighted by Crippen LogP contribution is -2.30. The zero-order valence-corrected chi connectivity index (χ0v) is 13.7. The zero-order valence-electron chi connectivity index (χ0n) is 13.7. The Morgan fingerprint density at radius 1 is 1.18 bits per heavy atom. The molecule has 1 fully saturated rings. The Balaban J connectivity index is 1.72. The minimum atomic E-state index is -0.667. The van der Waals surface area contributed by atoms with Crippen LogP contribution in [-0.2, 0) is 9.59 Å². The Bertz CT molecular complexity index is 419. The van der Waals surface area contributed by atoms with Gasteiger partial charge in [0.25, 0.3) is 0 Å². The Kier molecular flexibility index (Phi) is 6.62. The van der Waals surface area contributed by atoms with E-state index in [0.717, 1.165) is 58.0 Å². The highest BCUT2D eigenvalue weighted by atomic mass is 16.4. The maximum Gasteiger partial charge on any atom is 0.307 e. The minimum absolute atomic E-state index is 0.124. The summed E-state index contributed by atoms with van der Waals surface area (Å²) in [5.41, 5.74) is 0. The number of carbonyl (C=O) groups is 2. The van der Waals surface area contributed by atoms with Crippen LogP contribution in [-0.4, -0.2) is 41.4 Å². The number of allylic oxidation sites excluding steroid dienone is 1. The van der Waals surface area contributed by atoms with Crippen LogP contribution in [0, 0.1) is 17.8 Å². The largest absolute Gasteiger partial charge is 0.481 e. The van der Waals surface area contributed by atoms with Gasteiger partial charge in [-0.2, -0.15) is 0 Å². The first-order valence-corrected chi connectivity index (χ1v) is 8.76. The number of aliphatic carboxylic acids is 1. The fraction of sp³-hybridized carbons (Fsp3) is 0.778. The summed E-state index contributed by atoms with van der Waals surface area (Å²) in [5.74, 6) is 0.140. The molecule has 22 heavy (non-hydrogen) atoms. The first-order chi connectivity index (χ1) is 10.6. The van der Waals surface area contributed by atoms with Crippen molar-refractivity contribution in [3.8, 4) is 0 Å². The average Bonchev–Trinajstić information content (AvgIpc) is 2.97. The summed E-state index contributed by atoms with van der Waals surface area (Å²) in [7, 11) is 0. The number of hydrogen-bond acceptors (Lipinski definition) is 3. The molecular formula is C18H29NO3. The van der Waals surface area contributed by atoms with Crippen molar-refractivity contribution in [2.75, 3.05) is 19.6 Å². The monoisotopic (exact) mass is 307 g/mol. The van der Waals surface area contributed by atoms with Gasteiger partial charge in [-0.15, -0.1) is 0 Å². The van der Waals surface area contributed by atoms with Crippen LogP contribution < -0.4 is 0 Å². The normalized spacial score (nSPS) is 28.9. The van der Waals surface area contributed by atoms with E-state index in [-0.39, 0.29) is 11.8 Å². The Labute approximate surface area is 133 Å². The Morgan fingerprint density at radius 3 is 2.59 bits per heavy atom. The topological polar surface area (TPSA) is 57.6 Å². The SMILES string of the molecule is CCCCCC(=O)C1C=CC(CN2CCC(C(=O)O)C2)CC1. The molecule has 1 saturated heterocycles. The quantitative estimate of drug-likeness (QED) is 0.553. The summed E-state index contributed by atoms with van der Waals surface area (Å²) >= 11 is 0. The van der Waals surface area contributed by atoms with Crippen LogP contribution in [0.15, 0.2) is 12.2 Å². The van der Waals surface area contributed by atoms with Gasteiger partial charge in [-0.3, -0.25) is 9.59 Å². The third-order valence-corrected chi connectivity index (χ3v) is 5.02. The maximum atomic E-state index is 12.1. The maximum absolute atomic E-state index is 12.1. The van der Waals surface area contributed by atoms with E-state index >= 15 is 0 Å². The molecular weight excluding hydrogens is 278 g/mol. The molecule has 1 N–H and O–H groups in total. The number of Topliss-reactive ketones (excluding diaryl/α,β-unsaturated/α-hetero) is 1. The van der Waals surface area contributed by atoms with Gasteiger partial charge in [0.1, 0.15) is 5.78 Å². The van der Waals surface area contributed by atoms with E-state index in [0.29, 0.717) is 18.2 Å². The van der Waals surface area contributed by atoms with Crippen molar-refractivity contribution in [1.82, 2.24) is 4.90 Å². The lowest BCUT2D eigenvalue weighted by molar-refractivity contribution is -0.141. The fourth-order valence-corrected chi connectivity index (χ4v) is 3.56. The summed E-state index contributed by atoms with van der Waals surface area (Å²) in [6.07, 6.45) is 11.1. The van der Waals surface area contributed by atoms with Crippen molar-refractivity contribution >= 4 is 11.8 Å². The highest BCUT2D eigenvalue weighted by Crippen LogP contribution is 2.27. The summed E-state index contributed by atoms with van der Waals surface area (Å²) in [6.45, 7) is 4.67. The van der Waals surface area contributed by atoms with Crippen LogP contribution >= 0.6 is 0 Å². The second-order valence-electron chi connectivity index (χ2n) is 6.84. The van der Waals surface area contributed by atoms with Gasteiger partial charge < -0.3 is 10.0 Å². The molecule has 0 amide bonds. The summed E-state index contributed by atoms with van der Waals surface area (Å²) in [6, 6.07) is 0. The predicted molar refractivity (Wildman–Crippen MR) is 86.7 cm³/mol. The van der Waals surface area contributed by atoms with Gasteiger partial charge >= 0.3 is 5.97 Å². The van der Waals surface area contributed by atoms with Crippen molar-refractivity contribution < 1.29 is 14.7 Å². The van der Waals surface area contributed by atoms with E-state index in [9.17, 15) is 9.59 Å². The van der Waals surface area contributed by atoms with Crippen LogP contribution in [0.25, 0.3) is 0 Å². The summed E-state index contributed by atoms with van der Waals surface area (Å²) < 4.78 is 0. The second kappa shape index (κ2) is 8.47. The molecule has 2 aliphatic rings. The lowest BCUT2D eigenvalue weighted by atomic mass is 9.84. The van der Waals surface area contributed by atoms with Crippen molar-refractivity contribution in [2.24, 2.45) is 17.8 Å². The molecule has 1 heterocycles. The third kappa shape index (κ3) is 4.94. The van der Waals surface area contributed by atoms with Crippen LogP contribution in [0.5, 0.6) is 0 Å². The number of carbonyl (C=O) groups excluding carboxylic acids is 1. The number of nitrogens with zero attached hydrogens (tertiary/aromatic N) is 1. The van der Waals surface area contributed by atoms with Crippen LogP contribution in [0.2, 0.25) is 0 Å². The van der Waals surface area contributed by atoms with E-state index < -0.39 is 5.97 Å². The van der Waals surface area contributed by atoms with Gasteiger partial charge in [-0.25, -0.2) is 0 Å². The van der Waals surface area contributed by atoms with E-state index in [1.807, 2.05) is 0 Å². The first kappa shape index (κ1) is 17.2. The smallest absolute Gasteiger partial charge is 0.307 e. The molecule has 0 radical (unpaired) electrons. The van der Waals surface area contributed by atoms with Gasteiger partial charge in [0.2, 0.25) is 0 Å². The molecule has 0 spiro atoms. The van der Waals surface area contributed by atoms with Gasteiger partial charge in [0.05, 0.1) is 5.92 Å². The number of hydrogen-bond donors (Lipinski definition) is 1. The highest BCUT2D eigenvalue weighted by molar-refractivity contribution is 5.82. The molecule has 124 valence electrons. The van der Waals surface area contributed by atoms with E-state index in [1.165, 1.54) is 0 Å². The Morgan fingerprint density at radius 2 is 2.00 bits per heavy atom. The first-order valence-electron chi connectivity index (χ1n) is 8.76. The van der Waals surface area contributed by atoms with Crippen molar-refractivity contribution in [3.05, 3.63) is 12.2 Å². The summed E-state index contributed by atoms with van der Waals surface area (Å²) in [5, 5.41) is 9.04. The number of likely N-dealkylation sites (tertiary alicyclic amines) is 1. The molecule has 0 aromatic carbocycles. The molecule has 0 bridgehead atoms. The average molecular weight is 307 g/mol. The number of unbranched alkanes of at least 4 members (excludes halogenated alkanes) is 2. The predicted octanol–water partition coefficient (Wildman–Crippen LogP) is 3.12. The third-order valence-electron chi connectivity index (χ3n) is 5.02. The zero-order chi connectivity index (χ0) is 15.9. The molecule has 0 aromatic heterocycles. The number of carboxylic acids is 1. The molecule has 1 aliphatic carbocycles. The fourth-order valence-electron chi connectivity index (χ4n) is 3.56. The molecule has 3 atom stereocenters. The Hall–Kier alpha value is -1.16. The van der Waals surface area contributed by atoms with Gasteiger partial charge in [-0.05, 0) is 38.1 Å². The number of ketones is 1. The van der Waals surface area contributed by atoms with Gasteiger partial charge in [-0.1, -0.05) is 31.9 Å². The molecule has 1 aliphatic heterocycles. The number of carboxylic acid groups (broad SMARTS) is 1. The molecule has 0 saturated carbocycles. The van der Waals surface area contributed by atoms with Crippen LogP contribution in [0.1, 0.15) is 51.9 Å². The standard InChI is InChI=1S/C18H29NO3/c1-2-3-4-5-17(20)15-8-6-14(7-9-15)12-19-11-10-16(13-19)18(21)22/h6,8,14-16H,2-5,7,9-13H2,1H3,(H,21,22). The van der Waals surface area contributed by atoms with Crippen LogP contribution in [0.3, 0.4) is 0 Å². The molecule has 0 aromatic rings. The molecule has 3 unspecified atom stereocenters. The van der Waals surface area contributed by atoms with Crippen molar-refractivity contribution in [3.63, 3.8) is 0 Å². The molecule has 2 rings (SSSR count). The second-order valence-corrected chi connectivity index (χ2v) is 6.84. The molecule has 4 heteroatoms. The van der Waals surface area contributed by atoms with E-state index in [1.54, 1.807) is 0 Å². The van der Waals surface area contributed by atoms with E-state index in [2.05, 4.69) is 24.0 Å². The van der Waals surface area contributed by atoms with Gasteiger partial charge in [0.15, 0.2) is 0 Å². The van der Waals surface area contributed by atoms with Crippen molar-refractivity contribution in [2.45, 2.75) is 51.9 Å². The number of rotatable bonds is 8. The minimum Gasteiger partial charge on any atom is -0.481 e. The highest BCUT2D eigenvalue weighted by Gasteiger charge is 2.30. The van der Waals surface area contributed by atoms with Gasteiger partial charge in [0, 0.05) is 25.4 Å². The van der Waals surface area contributed by atoms with Crippen LogP contribution in [0.4, 0.5) is 0 Å². The van der Waals surface area contributed by atoms with E-state index in [4.69, 9.17) is 5.11 Å². The molecule has 4 nitrogen and oxygen atoms in total. The van der Waals surface area contributed by atoms with Crippen molar-refractivity contribution in [1.29, 1.82) is 0 Å².